The zero-order valence-electron chi connectivity index (χ0n) is 9.75. The Kier molecular flexibility index (Phi) is 3.74. The second-order valence-corrected chi connectivity index (χ2v) is 4.47. The van der Waals surface area contributed by atoms with Crippen molar-refractivity contribution in [3.05, 3.63) is 0 Å². The maximum atomic E-state index is 2.48. The lowest BCUT2D eigenvalue weighted by Gasteiger charge is -2.47. The summed E-state index contributed by atoms with van der Waals surface area (Å²) in [5.74, 6) is 0.804. The van der Waals surface area contributed by atoms with Crippen LogP contribution in [0.15, 0.2) is 0 Å². The van der Waals surface area contributed by atoms with E-state index in [1.807, 2.05) is 0 Å². The number of hydrogen-bond acceptors (Lipinski definition) is 2. The van der Waals surface area contributed by atoms with Gasteiger partial charge in [0, 0.05) is 12.1 Å². The molecule has 78 valence electrons. The minimum Gasteiger partial charge on any atom is -0.290 e. The van der Waals surface area contributed by atoms with E-state index >= 15 is 0 Å². The van der Waals surface area contributed by atoms with Gasteiger partial charge in [0.1, 0.15) is 0 Å². The van der Waals surface area contributed by atoms with Gasteiger partial charge in [0.2, 0.25) is 0 Å². The molecule has 0 aromatic carbocycles. The minimum absolute atomic E-state index is 0.779. The van der Waals surface area contributed by atoms with Gasteiger partial charge in [0.15, 0.2) is 0 Å². The van der Waals surface area contributed by atoms with Crippen molar-refractivity contribution in [3.63, 3.8) is 0 Å². The van der Waals surface area contributed by atoms with Crippen LogP contribution in [-0.4, -0.2) is 42.6 Å². The molecule has 1 aliphatic heterocycles. The summed E-state index contributed by atoms with van der Waals surface area (Å²) < 4.78 is 0. The third kappa shape index (κ3) is 2.05. The molecule has 2 unspecified atom stereocenters. The lowest BCUT2D eigenvalue weighted by Crippen LogP contribution is -2.56. The van der Waals surface area contributed by atoms with Crippen molar-refractivity contribution in [1.82, 2.24) is 9.80 Å². The Labute approximate surface area is 82.9 Å². The van der Waals surface area contributed by atoms with E-state index in [0.29, 0.717) is 0 Å². The Balaban J connectivity index is 2.69. The fourth-order valence-electron chi connectivity index (χ4n) is 2.99. The lowest BCUT2D eigenvalue weighted by molar-refractivity contribution is -0.0134. The first kappa shape index (κ1) is 11.0. The van der Waals surface area contributed by atoms with Gasteiger partial charge in [-0.05, 0) is 32.9 Å². The molecular weight excluding hydrogens is 160 g/mol. The molecule has 13 heavy (non-hydrogen) atoms. The molecule has 0 aliphatic carbocycles. The Bertz CT molecular complexity index is 142. The van der Waals surface area contributed by atoms with Gasteiger partial charge in [-0.25, -0.2) is 0 Å². The van der Waals surface area contributed by atoms with E-state index in [1.165, 1.54) is 12.8 Å². The molecule has 0 radical (unpaired) electrons. The molecule has 1 saturated heterocycles. The van der Waals surface area contributed by atoms with Crippen LogP contribution in [0, 0.1) is 5.92 Å². The van der Waals surface area contributed by atoms with Crippen LogP contribution in [0.4, 0.5) is 0 Å². The van der Waals surface area contributed by atoms with E-state index in [1.54, 1.807) is 0 Å². The van der Waals surface area contributed by atoms with Crippen LogP contribution in [0.25, 0.3) is 0 Å². The summed E-state index contributed by atoms with van der Waals surface area (Å²) in [6, 6.07) is 1.56. The second-order valence-electron chi connectivity index (χ2n) is 4.47. The van der Waals surface area contributed by atoms with Gasteiger partial charge in [0.05, 0.1) is 6.67 Å². The molecular formula is C11H24N2. The maximum Gasteiger partial charge on any atom is 0.0506 e. The molecule has 0 aromatic rings. The van der Waals surface area contributed by atoms with Crippen LogP contribution in [-0.2, 0) is 0 Å². The molecule has 0 N–H and O–H groups in total. The highest BCUT2D eigenvalue weighted by molar-refractivity contribution is 4.87. The molecule has 0 spiro atoms. The van der Waals surface area contributed by atoms with E-state index in [2.05, 4.69) is 44.7 Å². The van der Waals surface area contributed by atoms with Gasteiger partial charge < -0.3 is 0 Å². The SMILES string of the molecule is CCC1C(C)C(CC)N(C)CN1C. The molecule has 1 fully saturated rings. The summed E-state index contributed by atoms with van der Waals surface area (Å²) in [6.45, 7) is 8.13. The second kappa shape index (κ2) is 4.43. The van der Waals surface area contributed by atoms with Gasteiger partial charge in [-0.2, -0.15) is 0 Å². The van der Waals surface area contributed by atoms with Crippen LogP contribution in [0.1, 0.15) is 33.6 Å². The molecule has 0 aromatic heterocycles. The summed E-state index contributed by atoms with van der Waals surface area (Å²) in [6.07, 6.45) is 2.56. The first-order chi connectivity index (χ1) is 6.11. The zero-order chi connectivity index (χ0) is 10.0. The smallest absolute Gasteiger partial charge is 0.0506 e. The largest absolute Gasteiger partial charge is 0.290 e. The number of rotatable bonds is 2. The average Bonchev–Trinajstić information content (AvgIpc) is 2.04. The third-order valence-corrected chi connectivity index (χ3v) is 3.63. The van der Waals surface area contributed by atoms with Gasteiger partial charge in [-0.15, -0.1) is 0 Å². The molecule has 0 bridgehead atoms. The van der Waals surface area contributed by atoms with Crippen molar-refractivity contribution in [2.24, 2.45) is 5.92 Å². The van der Waals surface area contributed by atoms with E-state index in [-0.39, 0.29) is 0 Å². The maximum absolute atomic E-state index is 2.48. The normalized spacial score (nSPS) is 38.1. The Morgan fingerprint density at radius 2 is 1.38 bits per heavy atom. The van der Waals surface area contributed by atoms with Gasteiger partial charge in [0.25, 0.3) is 0 Å². The summed E-state index contributed by atoms with van der Waals surface area (Å²) >= 11 is 0. The van der Waals surface area contributed by atoms with Crippen molar-refractivity contribution >= 4 is 0 Å². The molecule has 0 amide bonds. The van der Waals surface area contributed by atoms with Gasteiger partial charge >= 0.3 is 0 Å². The topological polar surface area (TPSA) is 6.48 Å². The van der Waals surface area contributed by atoms with Crippen molar-refractivity contribution in [2.75, 3.05) is 20.8 Å². The van der Waals surface area contributed by atoms with E-state index in [0.717, 1.165) is 24.7 Å². The zero-order valence-corrected chi connectivity index (χ0v) is 9.75. The average molecular weight is 184 g/mol. The fourth-order valence-corrected chi connectivity index (χ4v) is 2.99. The number of hydrogen-bond donors (Lipinski definition) is 0. The summed E-state index contributed by atoms with van der Waals surface area (Å²) in [5.41, 5.74) is 0. The van der Waals surface area contributed by atoms with Crippen LogP contribution in [0.2, 0.25) is 0 Å². The molecule has 1 rings (SSSR count). The van der Waals surface area contributed by atoms with E-state index in [9.17, 15) is 0 Å². The van der Waals surface area contributed by atoms with E-state index in [4.69, 9.17) is 0 Å². The molecule has 2 heteroatoms. The molecule has 2 nitrogen and oxygen atoms in total. The molecule has 0 saturated carbocycles. The highest BCUT2D eigenvalue weighted by atomic mass is 15.3. The lowest BCUT2D eigenvalue weighted by atomic mass is 9.86. The van der Waals surface area contributed by atoms with Crippen LogP contribution >= 0.6 is 0 Å². The van der Waals surface area contributed by atoms with Gasteiger partial charge in [-0.3, -0.25) is 9.80 Å². The molecule has 2 atom stereocenters. The summed E-state index contributed by atoms with van der Waals surface area (Å²) in [7, 11) is 4.49. The van der Waals surface area contributed by atoms with Crippen molar-refractivity contribution < 1.29 is 0 Å². The Morgan fingerprint density at radius 1 is 1.00 bits per heavy atom. The molecule has 1 heterocycles. The first-order valence-electron chi connectivity index (χ1n) is 5.52. The van der Waals surface area contributed by atoms with Crippen molar-refractivity contribution in [1.29, 1.82) is 0 Å². The monoisotopic (exact) mass is 184 g/mol. The highest BCUT2D eigenvalue weighted by Gasteiger charge is 2.34. The third-order valence-electron chi connectivity index (χ3n) is 3.63. The van der Waals surface area contributed by atoms with Crippen LogP contribution in [0.5, 0.6) is 0 Å². The summed E-state index contributed by atoms with van der Waals surface area (Å²) in [4.78, 5) is 4.97. The Hall–Kier alpha value is -0.0800. The van der Waals surface area contributed by atoms with Crippen LogP contribution in [0.3, 0.4) is 0 Å². The minimum atomic E-state index is 0.779. The standard InChI is InChI=1S/C11H24N2/c1-6-10-9(3)11(7-2)13(5)8-12(10)4/h9-11H,6-8H2,1-5H3. The quantitative estimate of drug-likeness (QED) is 0.648. The van der Waals surface area contributed by atoms with Crippen LogP contribution < -0.4 is 0 Å². The Morgan fingerprint density at radius 3 is 1.69 bits per heavy atom. The predicted molar refractivity (Wildman–Crippen MR) is 57.7 cm³/mol. The fraction of sp³-hybridized carbons (Fsp3) is 1.00. The van der Waals surface area contributed by atoms with Crippen molar-refractivity contribution in [3.8, 4) is 0 Å². The highest BCUT2D eigenvalue weighted by Crippen LogP contribution is 2.27. The molecule has 1 aliphatic rings. The van der Waals surface area contributed by atoms with Gasteiger partial charge in [-0.1, -0.05) is 20.8 Å². The van der Waals surface area contributed by atoms with E-state index < -0.39 is 0 Å². The van der Waals surface area contributed by atoms with Crippen molar-refractivity contribution in [2.45, 2.75) is 45.7 Å². The summed E-state index contributed by atoms with van der Waals surface area (Å²) in [5, 5.41) is 0. The predicted octanol–water partition coefficient (Wildman–Crippen LogP) is 2.01. The number of nitrogens with zero attached hydrogens (tertiary/aromatic N) is 2. The first-order valence-corrected chi connectivity index (χ1v) is 5.52.